The van der Waals surface area contributed by atoms with Crippen molar-refractivity contribution < 1.29 is 9.90 Å². The highest BCUT2D eigenvalue weighted by molar-refractivity contribution is 5.90. The Kier molecular flexibility index (Phi) is 7.73. The molecule has 0 aliphatic rings. The van der Waals surface area contributed by atoms with E-state index in [4.69, 9.17) is 5.11 Å². The number of hydrogen-bond acceptors (Lipinski definition) is 2. The number of para-hydroxylation sites is 1. The molecule has 112 valence electrons. The molecule has 4 heteroatoms. The SMILES string of the molecule is CCCCN(CCO)C(=O)Nc1ccccc1CCC. The van der Waals surface area contributed by atoms with E-state index in [-0.39, 0.29) is 12.6 Å². The van der Waals surface area contributed by atoms with Crippen molar-refractivity contribution >= 4 is 11.7 Å². The lowest BCUT2D eigenvalue weighted by Gasteiger charge is -2.22. The van der Waals surface area contributed by atoms with Crippen molar-refractivity contribution in [3.05, 3.63) is 29.8 Å². The first-order valence-corrected chi connectivity index (χ1v) is 7.47. The van der Waals surface area contributed by atoms with Crippen LogP contribution in [0, 0.1) is 0 Å². The first-order chi connectivity index (χ1) is 9.72. The van der Waals surface area contributed by atoms with Gasteiger partial charge in [-0.3, -0.25) is 0 Å². The summed E-state index contributed by atoms with van der Waals surface area (Å²) in [5.41, 5.74) is 2.03. The summed E-state index contributed by atoms with van der Waals surface area (Å²) in [6, 6.07) is 7.76. The molecule has 0 heterocycles. The normalized spacial score (nSPS) is 10.3. The van der Waals surface area contributed by atoms with E-state index >= 15 is 0 Å². The fourth-order valence-corrected chi connectivity index (χ4v) is 2.11. The molecule has 1 aromatic carbocycles. The lowest BCUT2D eigenvalue weighted by atomic mass is 10.1. The number of carbonyl (C=O) groups is 1. The second-order valence-corrected chi connectivity index (χ2v) is 4.90. The lowest BCUT2D eigenvalue weighted by Crippen LogP contribution is -2.37. The van der Waals surface area contributed by atoms with Crippen molar-refractivity contribution in [1.82, 2.24) is 4.90 Å². The minimum Gasteiger partial charge on any atom is -0.395 e. The van der Waals surface area contributed by atoms with E-state index in [0.717, 1.165) is 36.9 Å². The molecule has 0 atom stereocenters. The quantitative estimate of drug-likeness (QED) is 0.767. The molecule has 20 heavy (non-hydrogen) atoms. The van der Waals surface area contributed by atoms with Gasteiger partial charge < -0.3 is 15.3 Å². The average molecular weight is 278 g/mol. The van der Waals surface area contributed by atoms with E-state index in [1.807, 2.05) is 24.3 Å². The van der Waals surface area contributed by atoms with Crippen LogP contribution in [-0.2, 0) is 6.42 Å². The highest BCUT2D eigenvalue weighted by Crippen LogP contribution is 2.17. The van der Waals surface area contributed by atoms with Gasteiger partial charge in [-0.25, -0.2) is 4.79 Å². The first-order valence-electron chi connectivity index (χ1n) is 7.47. The number of rotatable bonds is 8. The molecule has 0 saturated heterocycles. The van der Waals surface area contributed by atoms with Crippen LogP contribution >= 0.6 is 0 Å². The first kappa shape index (κ1) is 16.5. The molecule has 1 rings (SSSR count). The summed E-state index contributed by atoms with van der Waals surface area (Å²) in [6.07, 6.45) is 3.97. The zero-order chi connectivity index (χ0) is 14.8. The predicted molar refractivity (Wildman–Crippen MR) is 83.0 cm³/mol. The van der Waals surface area contributed by atoms with Crippen LogP contribution in [0.2, 0.25) is 0 Å². The molecule has 0 aliphatic carbocycles. The van der Waals surface area contributed by atoms with Gasteiger partial charge in [0.25, 0.3) is 0 Å². The van der Waals surface area contributed by atoms with Crippen LogP contribution in [0.25, 0.3) is 0 Å². The van der Waals surface area contributed by atoms with Crippen molar-refractivity contribution in [2.24, 2.45) is 0 Å². The van der Waals surface area contributed by atoms with E-state index in [2.05, 4.69) is 19.2 Å². The topological polar surface area (TPSA) is 52.6 Å². The largest absolute Gasteiger partial charge is 0.395 e. The standard InChI is InChI=1S/C16H26N2O2/c1-3-5-11-18(12-13-19)16(20)17-15-10-7-6-9-14(15)8-4-2/h6-7,9-10,19H,3-5,8,11-13H2,1-2H3,(H,17,20). The third kappa shape index (κ3) is 5.21. The maximum absolute atomic E-state index is 12.3. The molecule has 4 nitrogen and oxygen atoms in total. The number of aryl methyl sites for hydroxylation is 1. The van der Waals surface area contributed by atoms with Crippen molar-refractivity contribution in [1.29, 1.82) is 0 Å². The van der Waals surface area contributed by atoms with Crippen molar-refractivity contribution in [3.63, 3.8) is 0 Å². The molecule has 1 aromatic rings. The molecule has 0 unspecified atom stereocenters. The molecule has 0 bridgehead atoms. The molecule has 2 N–H and O–H groups in total. The summed E-state index contributed by atoms with van der Waals surface area (Å²) in [5, 5.41) is 12.0. The molecular weight excluding hydrogens is 252 g/mol. The highest BCUT2D eigenvalue weighted by atomic mass is 16.3. The van der Waals surface area contributed by atoms with Gasteiger partial charge in [0.05, 0.1) is 6.61 Å². The van der Waals surface area contributed by atoms with Crippen LogP contribution in [0.4, 0.5) is 10.5 Å². The third-order valence-electron chi connectivity index (χ3n) is 3.22. The predicted octanol–water partition coefficient (Wildman–Crippen LogP) is 3.27. The number of benzene rings is 1. The number of hydrogen-bond donors (Lipinski definition) is 2. The maximum atomic E-state index is 12.3. The van der Waals surface area contributed by atoms with Crippen molar-refractivity contribution in [2.45, 2.75) is 39.5 Å². The third-order valence-corrected chi connectivity index (χ3v) is 3.22. The van der Waals surface area contributed by atoms with Gasteiger partial charge in [0, 0.05) is 18.8 Å². The number of carbonyl (C=O) groups excluding carboxylic acids is 1. The van der Waals surface area contributed by atoms with Crippen LogP contribution in [-0.4, -0.2) is 35.7 Å². The van der Waals surface area contributed by atoms with Gasteiger partial charge in [-0.15, -0.1) is 0 Å². The van der Waals surface area contributed by atoms with Gasteiger partial charge in [0.1, 0.15) is 0 Å². The van der Waals surface area contributed by atoms with Crippen molar-refractivity contribution in [3.8, 4) is 0 Å². The molecular formula is C16H26N2O2. The smallest absolute Gasteiger partial charge is 0.321 e. The Morgan fingerprint density at radius 3 is 2.60 bits per heavy atom. The number of nitrogens with one attached hydrogen (secondary N) is 1. The second-order valence-electron chi connectivity index (χ2n) is 4.90. The summed E-state index contributed by atoms with van der Waals surface area (Å²) < 4.78 is 0. The number of nitrogens with zero attached hydrogens (tertiary/aromatic N) is 1. The zero-order valence-electron chi connectivity index (χ0n) is 12.6. The Balaban J connectivity index is 2.71. The molecule has 0 saturated carbocycles. The zero-order valence-corrected chi connectivity index (χ0v) is 12.6. The van der Waals surface area contributed by atoms with E-state index in [1.54, 1.807) is 4.90 Å². The summed E-state index contributed by atoms with van der Waals surface area (Å²) in [6.45, 7) is 5.26. The van der Waals surface area contributed by atoms with Gasteiger partial charge in [-0.2, -0.15) is 0 Å². The number of aliphatic hydroxyl groups excluding tert-OH is 1. The molecule has 2 amide bonds. The highest BCUT2D eigenvalue weighted by Gasteiger charge is 2.13. The van der Waals surface area contributed by atoms with Crippen molar-refractivity contribution in [2.75, 3.05) is 25.0 Å². The average Bonchev–Trinajstić information content (AvgIpc) is 2.45. The minimum atomic E-state index is -0.129. The number of urea groups is 1. The summed E-state index contributed by atoms with van der Waals surface area (Å²) in [7, 11) is 0. The van der Waals surface area contributed by atoms with Crippen LogP contribution in [0.5, 0.6) is 0 Å². The molecule has 0 aromatic heterocycles. The number of amides is 2. The second kappa shape index (κ2) is 9.37. The lowest BCUT2D eigenvalue weighted by molar-refractivity contribution is 0.187. The van der Waals surface area contributed by atoms with Gasteiger partial charge in [-0.1, -0.05) is 44.9 Å². The van der Waals surface area contributed by atoms with Crippen LogP contribution in [0.15, 0.2) is 24.3 Å². The molecule has 0 spiro atoms. The van der Waals surface area contributed by atoms with Gasteiger partial charge in [0.2, 0.25) is 0 Å². The van der Waals surface area contributed by atoms with E-state index in [1.165, 1.54) is 0 Å². The van der Waals surface area contributed by atoms with Crippen LogP contribution in [0.3, 0.4) is 0 Å². The Bertz CT molecular complexity index is 407. The van der Waals surface area contributed by atoms with E-state index < -0.39 is 0 Å². The Morgan fingerprint density at radius 2 is 1.95 bits per heavy atom. The van der Waals surface area contributed by atoms with E-state index in [0.29, 0.717) is 13.1 Å². The van der Waals surface area contributed by atoms with Gasteiger partial charge >= 0.3 is 6.03 Å². The van der Waals surface area contributed by atoms with Gasteiger partial charge in [-0.05, 0) is 24.5 Å². The number of anilines is 1. The van der Waals surface area contributed by atoms with Crippen LogP contribution in [0.1, 0.15) is 38.7 Å². The Hall–Kier alpha value is -1.55. The Morgan fingerprint density at radius 1 is 1.20 bits per heavy atom. The number of aliphatic hydroxyl groups is 1. The maximum Gasteiger partial charge on any atom is 0.321 e. The summed E-state index contributed by atoms with van der Waals surface area (Å²) in [4.78, 5) is 13.9. The summed E-state index contributed by atoms with van der Waals surface area (Å²) in [5.74, 6) is 0. The molecule has 0 fully saturated rings. The Labute approximate surface area is 121 Å². The fraction of sp³-hybridized carbons (Fsp3) is 0.562. The van der Waals surface area contributed by atoms with Crippen LogP contribution < -0.4 is 5.32 Å². The summed E-state index contributed by atoms with van der Waals surface area (Å²) >= 11 is 0. The van der Waals surface area contributed by atoms with Gasteiger partial charge in [0.15, 0.2) is 0 Å². The van der Waals surface area contributed by atoms with E-state index in [9.17, 15) is 4.79 Å². The fourth-order valence-electron chi connectivity index (χ4n) is 2.11. The number of unbranched alkanes of at least 4 members (excludes halogenated alkanes) is 1. The monoisotopic (exact) mass is 278 g/mol. The minimum absolute atomic E-state index is 0.00621. The molecule has 0 aliphatic heterocycles. The molecule has 0 radical (unpaired) electrons.